The third kappa shape index (κ3) is 5.77. The van der Waals surface area contributed by atoms with Gasteiger partial charge < -0.3 is 4.74 Å². The zero-order valence-corrected chi connectivity index (χ0v) is 20.3. The van der Waals surface area contributed by atoms with Crippen LogP contribution < -0.4 is 10.2 Å². The monoisotopic (exact) mass is 511 g/mol. The second kappa shape index (κ2) is 11.2. The number of aromatic nitrogens is 3. The molecule has 0 radical (unpaired) electrons. The number of thioether (sulfide) groups is 1. The zero-order chi connectivity index (χ0) is 23.9. The molecule has 0 atom stereocenters. The van der Waals surface area contributed by atoms with Crippen molar-refractivity contribution in [2.75, 3.05) is 12.9 Å². The molecule has 1 heterocycles. The molecule has 0 aliphatic heterocycles. The van der Waals surface area contributed by atoms with Crippen LogP contribution in [0.2, 0.25) is 10.0 Å². The highest BCUT2D eigenvalue weighted by molar-refractivity contribution is 7.99. The van der Waals surface area contributed by atoms with Gasteiger partial charge in [0, 0.05) is 26.9 Å². The van der Waals surface area contributed by atoms with Gasteiger partial charge in [0.05, 0.1) is 19.1 Å². The number of methoxy groups -OCH3 is 1. The first kappa shape index (κ1) is 23.8. The summed E-state index contributed by atoms with van der Waals surface area (Å²) in [6.07, 6.45) is 1.50. The Morgan fingerprint density at radius 2 is 1.79 bits per heavy atom. The van der Waals surface area contributed by atoms with Gasteiger partial charge in [0.25, 0.3) is 5.91 Å². The molecule has 0 aliphatic rings. The van der Waals surface area contributed by atoms with Gasteiger partial charge in [-0.3, -0.25) is 9.36 Å². The molecule has 1 aromatic heterocycles. The smallest absolute Gasteiger partial charge is 0.250 e. The van der Waals surface area contributed by atoms with E-state index in [1.807, 2.05) is 59.2 Å². The Hall–Kier alpha value is -3.33. The van der Waals surface area contributed by atoms with Crippen LogP contribution in [-0.2, 0) is 4.79 Å². The Balaban J connectivity index is 1.53. The number of nitrogens with one attached hydrogen (secondary N) is 1. The third-order valence-corrected chi connectivity index (χ3v) is 6.22. The fraction of sp³-hybridized carbons (Fsp3) is 0.0833. The first-order valence-corrected chi connectivity index (χ1v) is 11.8. The van der Waals surface area contributed by atoms with Crippen LogP contribution in [0.25, 0.3) is 17.1 Å². The van der Waals surface area contributed by atoms with Gasteiger partial charge in [-0.15, -0.1) is 10.2 Å². The maximum atomic E-state index is 12.4. The van der Waals surface area contributed by atoms with E-state index < -0.39 is 0 Å². The molecule has 172 valence electrons. The van der Waals surface area contributed by atoms with Crippen LogP contribution in [0.15, 0.2) is 83.1 Å². The Labute approximate surface area is 210 Å². The number of amides is 1. The number of ether oxygens (including phenoxy) is 1. The summed E-state index contributed by atoms with van der Waals surface area (Å²) in [5.74, 6) is 1.17. The number of benzene rings is 3. The Morgan fingerprint density at radius 1 is 1.06 bits per heavy atom. The van der Waals surface area contributed by atoms with Crippen LogP contribution in [0.4, 0.5) is 0 Å². The first-order valence-electron chi connectivity index (χ1n) is 10.1. The molecule has 7 nitrogen and oxygen atoms in total. The van der Waals surface area contributed by atoms with Gasteiger partial charge in [-0.2, -0.15) is 5.10 Å². The zero-order valence-electron chi connectivity index (χ0n) is 18.0. The third-order valence-electron chi connectivity index (χ3n) is 4.70. The van der Waals surface area contributed by atoms with E-state index in [0.29, 0.717) is 26.6 Å². The number of rotatable bonds is 8. The SMILES string of the molecule is COc1ccc(-c2nnc(SCC(=O)N/N=C\c3ccccc3Cl)n2-c2ccc(Cl)cc2)cc1. The summed E-state index contributed by atoms with van der Waals surface area (Å²) in [7, 11) is 1.61. The predicted octanol–water partition coefficient (Wildman–Crippen LogP) is 5.49. The first-order chi connectivity index (χ1) is 16.5. The lowest BCUT2D eigenvalue weighted by Gasteiger charge is -2.11. The normalized spacial score (nSPS) is 11.0. The topological polar surface area (TPSA) is 81.4 Å². The Kier molecular flexibility index (Phi) is 7.84. The highest BCUT2D eigenvalue weighted by Crippen LogP contribution is 2.29. The van der Waals surface area contributed by atoms with Crippen molar-refractivity contribution in [1.82, 2.24) is 20.2 Å². The van der Waals surface area contributed by atoms with Crippen molar-refractivity contribution in [1.29, 1.82) is 0 Å². The van der Waals surface area contributed by atoms with Crippen LogP contribution in [0, 0.1) is 0 Å². The summed E-state index contributed by atoms with van der Waals surface area (Å²) in [6.45, 7) is 0. The second-order valence-corrected chi connectivity index (χ2v) is 8.74. The van der Waals surface area contributed by atoms with E-state index in [9.17, 15) is 4.79 Å². The lowest BCUT2D eigenvalue weighted by Crippen LogP contribution is -2.20. The van der Waals surface area contributed by atoms with Gasteiger partial charge in [-0.05, 0) is 54.6 Å². The number of hydrazone groups is 1. The van der Waals surface area contributed by atoms with Gasteiger partial charge >= 0.3 is 0 Å². The van der Waals surface area contributed by atoms with Gasteiger partial charge in [0.1, 0.15) is 5.75 Å². The molecule has 4 rings (SSSR count). The summed E-state index contributed by atoms with van der Waals surface area (Å²) >= 11 is 13.4. The average Bonchev–Trinajstić information content (AvgIpc) is 3.28. The van der Waals surface area contributed by atoms with Crippen molar-refractivity contribution < 1.29 is 9.53 Å². The minimum atomic E-state index is -0.287. The Bertz CT molecular complexity index is 1310. The molecule has 0 spiro atoms. The molecule has 4 aromatic rings. The summed E-state index contributed by atoms with van der Waals surface area (Å²) in [4.78, 5) is 12.4. The molecule has 1 amide bonds. The fourth-order valence-electron chi connectivity index (χ4n) is 3.03. The van der Waals surface area contributed by atoms with Gasteiger partial charge in [0.2, 0.25) is 0 Å². The number of hydrogen-bond acceptors (Lipinski definition) is 6. The van der Waals surface area contributed by atoms with E-state index >= 15 is 0 Å². The molecule has 3 aromatic carbocycles. The van der Waals surface area contributed by atoms with Crippen molar-refractivity contribution in [3.63, 3.8) is 0 Å². The van der Waals surface area contributed by atoms with Crippen LogP contribution in [0.3, 0.4) is 0 Å². The largest absolute Gasteiger partial charge is 0.497 e. The van der Waals surface area contributed by atoms with Crippen LogP contribution in [-0.4, -0.2) is 39.7 Å². The summed E-state index contributed by atoms with van der Waals surface area (Å²) in [5, 5.41) is 14.4. The summed E-state index contributed by atoms with van der Waals surface area (Å²) < 4.78 is 7.12. The molecule has 34 heavy (non-hydrogen) atoms. The number of carbonyl (C=O) groups excluding carboxylic acids is 1. The number of nitrogens with zero attached hydrogens (tertiary/aromatic N) is 4. The van der Waals surface area contributed by atoms with Gasteiger partial charge in [-0.25, -0.2) is 5.43 Å². The highest BCUT2D eigenvalue weighted by Gasteiger charge is 2.17. The average molecular weight is 512 g/mol. The molecule has 0 bridgehead atoms. The minimum Gasteiger partial charge on any atom is -0.497 e. The second-order valence-electron chi connectivity index (χ2n) is 6.95. The van der Waals surface area contributed by atoms with Gasteiger partial charge in [-0.1, -0.05) is 53.2 Å². The number of hydrogen-bond donors (Lipinski definition) is 1. The van der Waals surface area contributed by atoms with E-state index in [-0.39, 0.29) is 11.7 Å². The summed E-state index contributed by atoms with van der Waals surface area (Å²) in [5.41, 5.74) is 4.89. The standard InChI is InChI=1S/C24H19Cl2N5O2S/c1-33-20-12-6-16(7-13-20)23-29-30-24(31(23)19-10-8-18(25)9-11-19)34-15-22(32)28-27-14-17-4-2-3-5-21(17)26/h2-14H,15H2,1H3,(H,28,32)/b27-14-. The van der Waals surface area contributed by atoms with E-state index in [2.05, 4.69) is 20.7 Å². The van der Waals surface area contributed by atoms with E-state index in [1.165, 1.54) is 18.0 Å². The molecular formula is C24H19Cl2N5O2S. The molecule has 1 N–H and O–H groups in total. The molecule has 0 saturated heterocycles. The van der Waals surface area contributed by atoms with Crippen LogP contribution in [0.1, 0.15) is 5.56 Å². The van der Waals surface area contributed by atoms with Crippen molar-refractivity contribution in [2.45, 2.75) is 5.16 Å². The molecule has 0 aliphatic carbocycles. The lowest BCUT2D eigenvalue weighted by atomic mass is 10.2. The van der Waals surface area contributed by atoms with Crippen molar-refractivity contribution >= 4 is 47.1 Å². The fourth-order valence-corrected chi connectivity index (χ4v) is 4.08. The molecule has 10 heteroatoms. The molecule has 0 fully saturated rings. The lowest BCUT2D eigenvalue weighted by molar-refractivity contribution is -0.118. The van der Waals surface area contributed by atoms with Crippen LogP contribution in [0.5, 0.6) is 5.75 Å². The number of carbonyl (C=O) groups is 1. The van der Waals surface area contributed by atoms with E-state index in [4.69, 9.17) is 27.9 Å². The van der Waals surface area contributed by atoms with E-state index in [1.54, 1.807) is 25.3 Å². The summed E-state index contributed by atoms with van der Waals surface area (Å²) in [6, 6.07) is 22.1. The number of halogens is 2. The Morgan fingerprint density at radius 3 is 2.50 bits per heavy atom. The molecule has 0 unspecified atom stereocenters. The van der Waals surface area contributed by atoms with Crippen molar-refractivity contribution in [3.8, 4) is 22.8 Å². The van der Waals surface area contributed by atoms with Crippen molar-refractivity contribution in [2.24, 2.45) is 5.10 Å². The highest BCUT2D eigenvalue weighted by atomic mass is 35.5. The quantitative estimate of drug-likeness (QED) is 0.192. The molecule has 0 saturated carbocycles. The van der Waals surface area contributed by atoms with Gasteiger partial charge in [0.15, 0.2) is 11.0 Å². The van der Waals surface area contributed by atoms with E-state index in [0.717, 1.165) is 17.0 Å². The van der Waals surface area contributed by atoms with Crippen LogP contribution >= 0.6 is 35.0 Å². The van der Waals surface area contributed by atoms with Crippen molar-refractivity contribution in [3.05, 3.63) is 88.4 Å². The predicted molar refractivity (Wildman–Crippen MR) is 136 cm³/mol. The molecular weight excluding hydrogens is 493 g/mol. The minimum absolute atomic E-state index is 0.0915. The maximum absolute atomic E-state index is 12.4. The maximum Gasteiger partial charge on any atom is 0.250 e.